The molecule has 0 unspecified atom stereocenters. The molecule has 310 valence electrons. The number of carboxylic acid groups (broad SMARTS) is 2. The van der Waals surface area contributed by atoms with Gasteiger partial charge in [-0.2, -0.15) is 0 Å². The molecule has 0 aliphatic heterocycles. The van der Waals surface area contributed by atoms with Crippen LogP contribution in [0.25, 0.3) is 0 Å². The number of unbranched alkanes of at least 4 members (excludes halogenated alkanes) is 8. The molecule has 14 nitrogen and oxygen atoms in total. The highest BCUT2D eigenvalue weighted by Gasteiger charge is 2.49. The average molecular weight is 794 g/mol. The molecule has 14 heteroatoms. The van der Waals surface area contributed by atoms with Crippen molar-refractivity contribution >= 4 is 35.8 Å². The first kappa shape index (κ1) is 47.5. The van der Waals surface area contributed by atoms with Crippen molar-refractivity contribution < 1.29 is 63.0 Å². The first-order valence-electron chi connectivity index (χ1n) is 19.2. The number of rotatable bonds is 28. The Morgan fingerprint density at radius 3 is 2.09 bits per heavy atom. The van der Waals surface area contributed by atoms with Crippen LogP contribution in [-0.2, 0) is 39.9 Å². The SMILES string of the molecule is CC#CCOc1ccc(C[C@H](NC(=O)[C@@H](/C=C/CCCCCCC(=O)CCCCCCC)[C@@](O)(CC(=O)O)C(=O)O)C(=O)OCOC(=O)Oc2ccccc2)cc1. The van der Waals surface area contributed by atoms with E-state index in [1.54, 1.807) is 49.4 Å². The lowest BCUT2D eigenvalue weighted by Gasteiger charge is -2.29. The second kappa shape index (κ2) is 27.0. The number of para-hydroxylation sites is 1. The Hall–Kier alpha value is -5.68. The largest absolute Gasteiger partial charge is 0.516 e. The third-order valence-corrected chi connectivity index (χ3v) is 8.83. The molecule has 0 saturated carbocycles. The molecule has 0 radical (unpaired) electrons. The zero-order chi connectivity index (χ0) is 41.9. The number of amides is 1. The summed E-state index contributed by atoms with van der Waals surface area (Å²) in [5.74, 6) is -1.49. The van der Waals surface area contributed by atoms with E-state index in [9.17, 15) is 44.1 Å². The van der Waals surface area contributed by atoms with Crippen LogP contribution in [0.1, 0.15) is 103 Å². The summed E-state index contributed by atoms with van der Waals surface area (Å²) in [7, 11) is 0. The molecule has 2 rings (SSSR count). The maximum Gasteiger partial charge on any atom is 0.516 e. The van der Waals surface area contributed by atoms with Crippen LogP contribution in [0, 0.1) is 17.8 Å². The summed E-state index contributed by atoms with van der Waals surface area (Å²) in [5.41, 5.74) is -2.60. The minimum absolute atomic E-state index is 0.144. The Balaban J connectivity index is 2.16. The fourth-order valence-corrected chi connectivity index (χ4v) is 5.69. The molecule has 0 aliphatic carbocycles. The Labute approximate surface area is 333 Å². The van der Waals surface area contributed by atoms with E-state index >= 15 is 0 Å². The minimum Gasteiger partial charge on any atom is -0.481 e. The van der Waals surface area contributed by atoms with Crippen LogP contribution in [0.15, 0.2) is 66.7 Å². The summed E-state index contributed by atoms with van der Waals surface area (Å²) in [4.78, 5) is 75.5. The predicted octanol–water partition coefficient (Wildman–Crippen LogP) is 6.57. The Bertz CT molecular complexity index is 1660. The van der Waals surface area contributed by atoms with Crippen molar-refractivity contribution in [1.82, 2.24) is 5.32 Å². The number of hydrogen-bond donors (Lipinski definition) is 4. The smallest absolute Gasteiger partial charge is 0.481 e. The quantitative estimate of drug-likeness (QED) is 0.0180. The van der Waals surface area contributed by atoms with Gasteiger partial charge in [0.05, 0.1) is 12.3 Å². The lowest BCUT2D eigenvalue weighted by molar-refractivity contribution is -0.172. The molecule has 2 aromatic carbocycles. The number of aliphatic hydroxyl groups is 1. The molecule has 0 spiro atoms. The van der Waals surface area contributed by atoms with Crippen molar-refractivity contribution in [2.75, 3.05) is 13.4 Å². The Morgan fingerprint density at radius 1 is 0.825 bits per heavy atom. The van der Waals surface area contributed by atoms with Gasteiger partial charge in [-0.3, -0.25) is 14.4 Å². The van der Waals surface area contributed by atoms with Gasteiger partial charge in [0, 0.05) is 19.3 Å². The van der Waals surface area contributed by atoms with Crippen molar-refractivity contribution in [1.29, 1.82) is 0 Å². The lowest BCUT2D eigenvalue weighted by atomic mass is 9.82. The summed E-state index contributed by atoms with van der Waals surface area (Å²) < 4.78 is 20.5. The number of carbonyl (C=O) groups is 6. The van der Waals surface area contributed by atoms with Crippen molar-refractivity contribution in [3.63, 3.8) is 0 Å². The van der Waals surface area contributed by atoms with Crippen LogP contribution in [-0.4, -0.2) is 76.1 Å². The van der Waals surface area contributed by atoms with E-state index in [-0.39, 0.29) is 24.6 Å². The zero-order valence-electron chi connectivity index (χ0n) is 32.7. The van der Waals surface area contributed by atoms with E-state index in [1.165, 1.54) is 24.6 Å². The number of aliphatic carboxylic acids is 2. The number of benzene rings is 2. The first-order valence-corrected chi connectivity index (χ1v) is 19.2. The summed E-state index contributed by atoms with van der Waals surface area (Å²) in [6.45, 7) is 3.05. The normalized spacial score (nSPS) is 12.9. The van der Waals surface area contributed by atoms with Gasteiger partial charge in [0.25, 0.3) is 0 Å². The summed E-state index contributed by atoms with van der Waals surface area (Å²) >= 11 is 0. The fourth-order valence-electron chi connectivity index (χ4n) is 5.69. The topological polar surface area (TPSA) is 212 Å². The lowest BCUT2D eigenvalue weighted by Crippen LogP contribution is -2.55. The van der Waals surface area contributed by atoms with Gasteiger partial charge in [-0.1, -0.05) is 93.9 Å². The highest BCUT2D eigenvalue weighted by atomic mass is 16.8. The molecule has 2 aromatic rings. The molecule has 0 aromatic heterocycles. The fraction of sp³-hybridized carbons (Fsp3) is 0.488. The number of nitrogens with one attached hydrogen (secondary N) is 1. The van der Waals surface area contributed by atoms with Gasteiger partial charge < -0.3 is 39.6 Å². The monoisotopic (exact) mass is 793 g/mol. The number of ether oxygens (including phenoxy) is 4. The molecule has 0 fully saturated rings. The Kier molecular flexibility index (Phi) is 22.5. The Morgan fingerprint density at radius 2 is 1.47 bits per heavy atom. The van der Waals surface area contributed by atoms with E-state index in [0.717, 1.165) is 51.0 Å². The number of hydrogen-bond acceptors (Lipinski definition) is 11. The molecule has 3 atom stereocenters. The molecular formula is C43H55NO13. The van der Waals surface area contributed by atoms with E-state index in [4.69, 9.17) is 18.9 Å². The van der Waals surface area contributed by atoms with E-state index in [2.05, 4.69) is 24.1 Å². The number of esters is 1. The number of Topliss-reactive ketones (excluding diaryl/α,β-unsaturated/α-hetero) is 1. The van der Waals surface area contributed by atoms with Gasteiger partial charge in [-0.25, -0.2) is 14.4 Å². The highest BCUT2D eigenvalue weighted by molar-refractivity contribution is 5.95. The number of ketones is 1. The van der Waals surface area contributed by atoms with Gasteiger partial charge in [0.2, 0.25) is 12.7 Å². The third-order valence-electron chi connectivity index (χ3n) is 8.83. The van der Waals surface area contributed by atoms with E-state index < -0.39 is 60.7 Å². The third kappa shape index (κ3) is 19.2. The summed E-state index contributed by atoms with van der Waals surface area (Å²) in [6.07, 6.45) is 9.64. The molecular weight excluding hydrogens is 738 g/mol. The van der Waals surface area contributed by atoms with Gasteiger partial charge in [-0.15, -0.1) is 5.92 Å². The number of carbonyl (C=O) groups excluding carboxylic acids is 4. The van der Waals surface area contributed by atoms with Gasteiger partial charge >= 0.3 is 24.1 Å². The standard InChI is InChI=1S/C43H55NO13/c1-3-5-7-10-14-19-33(45)20-15-11-8-9-12-18-23-36(43(53,41(50)51)30-38(46)47)39(48)44-37(29-32-24-26-34(27-25-32)54-28-6-4-2)40(49)55-31-56-42(52)57-35-21-16-13-17-22-35/h13,16-18,21-27,36-37,53H,3,5,7-12,14-15,19-20,28-31H2,1-2H3,(H,44,48)(H,46,47)(H,50,51)/b23-18+/t36-,37+,43+/m1/s1. The maximum absolute atomic E-state index is 13.8. The van der Waals surface area contributed by atoms with Crippen molar-refractivity contribution in [2.24, 2.45) is 5.92 Å². The predicted molar refractivity (Wildman–Crippen MR) is 209 cm³/mol. The van der Waals surface area contributed by atoms with Crippen LogP contribution in [0.2, 0.25) is 0 Å². The molecule has 0 saturated heterocycles. The molecule has 1 amide bonds. The van der Waals surface area contributed by atoms with Gasteiger partial charge in [0.15, 0.2) is 5.60 Å². The molecule has 0 heterocycles. The second-order valence-electron chi connectivity index (χ2n) is 13.4. The van der Waals surface area contributed by atoms with Crippen molar-refractivity contribution in [2.45, 2.75) is 115 Å². The van der Waals surface area contributed by atoms with Gasteiger partial charge in [0.1, 0.15) is 29.9 Å². The minimum atomic E-state index is -3.09. The van der Waals surface area contributed by atoms with Crippen molar-refractivity contribution in [3.8, 4) is 23.3 Å². The molecule has 57 heavy (non-hydrogen) atoms. The molecule has 0 aliphatic rings. The molecule has 4 N–H and O–H groups in total. The first-order chi connectivity index (χ1) is 27.4. The highest BCUT2D eigenvalue weighted by Crippen LogP contribution is 2.26. The maximum atomic E-state index is 13.8. The average Bonchev–Trinajstić information content (AvgIpc) is 3.17. The molecule has 0 bridgehead atoms. The van der Waals surface area contributed by atoms with E-state index in [1.807, 2.05) is 0 Å². The van der Waals surface area contributed by atoms with Crippen LogP contribution in [0.4, 0.5) is 4.79 Å². The van der Waals surface area contributed by atoms with Gasteiger partial charge in [-0.05, 0) is 62.4 Å². The summed E-state index contributed by atoms with van der Waals surface area (Å²) in [5, 5.41) is 33.0. The zero-order valence-corrected chi connectivity index (χ0v) is 32.7. The van der Waals surface area contributed by atoms with Crippen molar-refractivity contribution in [3.05, 3.63) is 72.3 Å². The number of carboxylic acids is 2. The van der Waals surface area contributed by atoms with Crippen LogP contribution in [0.3, 0.4) is 0 Å². The number of allylic oxidation sites excluding steroid dienone is 1. The van der Waals surface area contributed by atoms with Crippen LogP contribution >= 0.6 is 0 Å². The van der Waals surface area contributed by atoms with Crippen LogP contribution in [0.5, 0.6) is 11.5 Å². The second-order valence-corrected chi connectivity index (χ2v) is 13.4. The van der Waals surface area contributed by atoms with E-state index in [0.29, 0.717) is 37.0 Å². The van der Waals surface area contributed by atoms with Crippen LogP contribution < -0.4 is 14.8 Å². The summed E-state index contributed by atoms with van der Waals surface area (Å²) in [6, 6.07) is 12.9.